The average Bonchev–Trinajstić information content (AvgIpc) is 2.24. The molecule has 0 spiro atoms. The number of carboxylic acids is 1. The summed E-state index contributed by atoms with van der Waals surface area (Å²) in [6, 6.07) is 7.87. The van der Waals surface area contributed by atoms with Crippen molar-refractivity contribution in [3.63, 3.8) is 0 Å². The lowest BCUT2D eigenvalue weighted by atomic mass is 10.1. The highest BCUT2D eigenvalue weighted by Gasteiger charge is 2.02. The van der Waals surface area contributed by atoms with E-state index in [0.717, 1.165) is 24.9 Å². The van der Waals surface area contributed by atoms with Gasteiger partial charge in [-0.3, -0.25) is 4.79 Å². The fourth-order valence-corrected chi connectivity index (χ4v) is 1.45. The van der Waals surface area contributed by atoms with Crippen LogP contribution in [0.2, 0.25) is 0 Å². The minimum Gasteiger partial charge on any atom is -0.480 e. The number of benzene rings is 1. The van der Waals surface area contributed by atoms with Crippen molar-refractivity contribution in [3.8, 4) is 0 Å². The van der Waals surface area contributed by atoms with Gasteiger partial charge in [-0.15, -0.1) is 0 Å². The van der Waals surface area contributed by atoms with Crippen LogP contribution >= 0.6 is 0 Å². The van der Waals surface area contributed by atoms with E-state index >= 15 is 0 Å². The first-order valence-electron chi connectivity index (χ1n) is 5.27. The molecule has 0 saturated heterocycles. The van der Waals surface area contributed by atoms with Crippen molar-refractivity contribution >= 4 is 11.7 Å². The number of anilines is 1. The fourth-order valence-electron chi connectivity index (χ4n) is 1.45. The summed E-state index contributed by atoms with van der Waals surface area (Å²) in [5, 5.41) is 11.5. The van der Waals surface area contributed by atoms with Crippen LogP contribution in [-0.4, -0.2) is 17.6 Å². The third kappa shape index (κ3) is 4.02. The number of aliphatic carboxylic acids is 1. The summed E-state index contributed by atoms with van der Waals surface area (Å²) < 4.78 is 0. The maximum atomic E-state index is 10.4. The number of carbonyl (C=O) groups is 1. The van der Waals surface area contributed by atoms with Crippen LogP contribution in [0, 0.1) is 0 Å². The molecule has 0 heterocycles. The standard InChI is InChI=1S/C12H17NO2/c1-2-3-6-10-7-4-5-8-11(10)13-9-12(14)15/h4-5,7-8,13H,2-3,6,9H2,1H3,(H,14,15). The van der Waals surface area contributed by atoms with E-state index in [1.807, 2.05) is 24.3 Å². The normalized spacial score (nSPS) is 9.93. The molecule has 1 rings (SSSR count). The van der Waals surface area contributed by atoms with Crippen molar-refractivity contribution in [3.05, 3.63) is 29.8 Å². The highest BCUT2D eigenvalue weighted by molar-refractivity contribution is 5.73. The van der Waals surface area contributed by atoms with Crippen molar-refractivity contribution in [2.75, 3.05) is 11.9 Å². The number of nitrogens with one attached hydrogen (secondary N) is 1. The van der Waals surface area contributed by atoms with E-state index in [2.05, 4.69) is 12.2 Å². The van der Waals surface area contributed by atoms with Gasteiger partial charge in [-0.05, 0) is 24.5 Å². The molecule has 0 aromatic heterocycles. The van der Waals surface area contributed by atoms with Gasteiger partial charge >= 0.3 is 5.97 Å². The monoisotopic (exact) mass is 207 g/mol. The summed E-state index contributed by atoms with van der Waals surface area (Å²) in [4.78, 5) is 10.4. The molecular weight excluding hydrogens is 190 g/mol. The molecule has 2 N–H and O–H groups in total. The molecule has 0 saturated carbocycles. The number of hydrogen-bond donors (Lipinski definition) is 2. The summed E-state index contributed by atoms with van der Waals surface area (Å²) in [6.07, 6.45) is 3.28. The van der Waals surface area contributed by atoms with Crippen LogP contribution in [0.5, 0.6) is 0 Å². The van der Waals surface area contributed by atoms with Crippen LogP contribution < -0.4 is 5.32 Å². The molecule has 0 radical (unpaired) electrons. The van der Waals surface area contributed by atoms with E-state index in [4.69, 9.17) is 5.11 Å². The Morgan fingerprint density at radius 3 is 2.80 bits per heavy atom. The van der Waals surface area contributed by atoms with Gasteiger partial charge in [-0.25, -0.2) is 0 Å². The molecule has 0 aliphatic carbocycles. The molecule has 0 bridgehead atoms. The van der Waals surface area contributed by atoms with Gasteiger partial charge in [0.2, 0.25) is 0 Å². The molecular formula is C12H17NO2. The Kier molecular flexibility index (Phi) is 4.68. The Morgan fingerprint density at radius 2 is 2.13 bits per heavy atom. The first kappa shape index (κ1) is 11.6. The topological polar surface area (TPSA) is 49.3 Å². The van der Waals surface area contributed by atoms with Crippen molar-refractivity contribution in [1.82, 2.24) is 0 Å². The molecule has 3 heteroatoms. The summed E-state index contributed by atoms with van der Waals surface area (Å²) >= 11 is 0. The van der Waals surface area contributed by atoms with Gasteiger partial charge in [0.15, 0.2) is 0 Å². The van der Waals surface area contributed by atoms with E-state index in [-0.39, 0.29) is 6.54 Å². The molecule has 0 aliphatic rings. The van der Waals surface area contributed by atoms with Crippen molar-refractivity contribution in [2.45, 2.75) is 26.2 Å². The zero-order valence-electron chi connectivity index (χ0n) is 8.99. The van der Waals surface area contributed by atoms with Crippen LogP contribution in [0.1, 0.15) is 25.3 Å². The van der Waals surface area contributed by atoms with E-state index in [9.17, 15) is 4.79 Å². The summed E-state index contributed by atoms with van der Waals surface area (Å²) in [6.45, 7) is 2.12. The van der Waals surface area contributed by atoms with Crippen LogP contribution in [-0.2, 0) is 11.2 Å². The third-order valence-corrected chi connectivity index (χ3v) is 2.25. The number of carboxylic acid groups (broad SMARTS) is 1. The Labute approximate surface area is 90.1 Å². The smallest absolute Gasteiger partial charge is 0.322 e. The number of aryl methyl sites for hydroxylation is 1. The molecule has 0 atom stereocenters. The second-order valence-corrected chi connectivity index (χ2v) is 3.51. The SMILES string of the molecule is CCCCc1ccccc1NCC(=O)O. The molecule has 82 valence electrons. The van der Waals surface area contributed by atoms with Crippen LogP contribution in [0.15, 0.2) is 24.3 Å². The summed E-state index contributed by atoms with van der Waals surface area (Å²) in [5.41, 5.74) is 2.13. The Hall–Kier alpha value is -1.51. The Morgan fingerprint density at radius 1 is 1.40 bits per heavy atom. The van der Waals surface area contributed by atoms with Gasteiger partial charge in [0.25, 0.3) is 0 Å². The maximum Gasteiger partial charge on any atom is 0.322 e. The van der Waals surface area contributed by atoms with E-state index < -0.39 is 5.97 Å². The van der Waals surface area contributed by atoms with Crippen LogP contribution in [0.3, 0.4) is 0 Å². The average molecular weight is 207 g/mol. The number of unbranched alkanes of at least 4 members (excludes halogenated alkanes) is 1. The van der Waals surface area contributed by atoms with Gasteiger partial charge in [-0.2, -0.15) is 0 Å². The fraction of sp³-hybridized carbons (Fsp3) is 0.417. The molecule has 0 aliphatic heterocycles. The van der Waals surface area contributed by atoms with Gasteiger partial charge < -0.3 is 10.4 Å². The molecule has 1 aromatic carbocycles. The van der Waals surface area contributed by atoms with Gasteiger partial charge in [0.1, 0.15) is 6.54 Å². The van der Waals surface area contributed by atoms with E-state index in [0.29, 0.717) is 0 Å². The third-order valence-electron chi connectivity index (χ3n) is 2.25. The van der Waals surface area contributed by atoms with Gasteiger partial charge in [0.05, 0.1) is 0 Å². The van der Waals surface area contributed by atoms with Crippen LogP contribution in [0.25, 0.3) is 0 Å². The minimum atomic E-state index is -0.833. The summed E-state index contributed by atoms with van der Waals surface area (Å²) in [5.74, 6) is -0.833. The Bertz CT molecular complexity index is 323. The predicted octanol–water partition coefficient (Wildman–Crippen LogP) is 2.53. The zero-order chi connectivity index (χ0) is 11.1. The molecule has 1 aromatic rings. The van der Waals surface area contributed by atoms with Crippen molar-refractivity contribution in [1.29, 1.82) is 0 Å². The quantitative estimate of drug-likeness (QED) is 0.753. The highest BCUT2D eigenvalue weighted by Crippen LogP contribution is 2.16. The highest BCUT2D eigenvalue weighted by atomic mass is 16.4. The van der Waals surface area contributed by atoms with Gasteiger partial charge in [0, 0.05) is 5.69 Å². The predicted molar refractivity (Wildman–Crippen MR) is 61.2 cm³/mol. The minimum absolute atomic E-state index is 0.0247. The first-order chi connectivity index (χ1) is 7.24. The van der Waals surface area contributed by atoms with Crippen molar-refractivity contribution < 1.29 is 9.90 Å². The van der Waals surface area contributed by atoms with E-state index in [1.54, 1.807) is 0 Å². The molecule has 3 nitrogen and oxygen atoms in total. The Balaban J connectivity index is 2.63. The second-order valence-electron chi connectivity index (χ2n) is 3.51. The number of hydrogen-bond acceptors (Lipinski definition) is 2. The molecule has 0 unspecified atom stereocenters. The zero-order valence-corrected chi connectivity index (χ0v) is 8.99. The molecule has 0 fully saturated rings. The van der Waals surface area contributed by atoms with Crippen LogP contribution in [0.4, 0.5) is 5.69 Å². The largest absolute Gasteiger partial charge is 0.480 e. The lowest BCUT2D eigenvalue weighted by Gasteiger charge is -2.09. The first-order valence-corrected chi connectivity index (χ1v) is 5.27. The van der Waals surface area contributed by atoms with E-state index in [1.165, 1.54) is 5.56 Å². The number of rotatable bonds is 6. The second kappa shape index (κ2) is 6.06. The lowest BCUT2D eigenvalue weighted by molar-refractivity contribution is -0.134. The lowest BCUT2D eigenvalue weighted by Crippen LogP contribution is -2.13. The maximum absolute atomic E-state index is 10.4. The molecule has 15 heavy (non-hydrogen) atoms. The van der Waals surface area contributed by atoms with Gasteiger partial charge in [-0.1, -0.05) is 31.5 Å². The number of para-hydroxylation sites is 1. The molecule has 0 amide bonds. The van der Waals surface area contributed by atoms with Crippen molar-refractivity contribution in [2.24, 2.45) is 0 Å². The summed E-state index contributed by atoms with van der Waals surface area (Å²) in [7, 11) is 0.